The Kier molecular flexibility index (Phi) is 8.13. The number of para-hydroxylation sites is 2. The van der Waals surface area contributed by atoms with E-state index < -0.39 is 5.89 Å². The van der Waals surface area contributed by atoms with Crippen LogP contribution < -0.4 is 0 Å². The van der Waals surface area contributed by atoms with Crippen molar-refractivity contribution in [2.45, 2.75) is 31.6 Å². The first kappa shape index (κ1) is 32.7. The molecule has 8 aromatic carbocycles. The van der Waals surface area contributed by atoms with E-state index in [1.54, 1.807) is 11.3 Å². The number of imidazole rings is 1. The maximum Gasteiger partial charge on any atom is 0.195 e. The maximum atomic E-state index is 9.96. The lowest BCUT2D eigenvalue weighted by atomic mass is 9.78. The molecule has 1 aliphatic carbocycles. The van der Waals surface area contributed by atoms with Gasteiger partial charge in [-0.25, -0.2) is 4.98 Å². The number of thiazole rings is 1. The fourth-order valence-corrected chi connectivity index (χ4v) is 10.4. The van der Waals surface area contributed by atoms with E-state index in [1.807, 2.05) is 0 Å². The molecule has 2 nitrogen and oxygen atoms in total. The van der Waals surface area contributed by atoms with Gasteiger partial charge in [-0.2, -0.15) is 0 Å². The summed E-state index contributed by atoms with van der Waals surface area (Å²) in [5.41, 5.74) is 18.5. The Morgan fingerprint density at radius 2 is 0.965 bits per heavy atom. The van der Waals surface area contributed by atoms with E-state index in [4.69, 9.17) is 4.98 Å². The Morgan fingerprint density at radius 1 is 0.456 bits per heavy atom. The first-order valence-electron chi connectivity index (χ1n) is 20.5. The number of hydrogen-bond donors (Lipinski definition) is 0. The third-order valence-electron chi connectivity index (χ3n) is 11.8. The van der Waals surface area contributed by atoms with Gasteiger partial charge in [0.05, 0.1) is 21.3 Å². The van der Waals surface area contributed by atoms with Gasteiger partial charge in [-0.15, -0.1) is 0 Å². The predicted octanol–water partition coefficient (Wildman–Crippen LogP) is 15.4. The normalized spacial score (nSPS) is 14.1. The van der Waals surface area contributed by atoms with Gasteiger partial charge in [0.1, 0.15) is 0 Å². The van der Waals surface area contributed by atoms with Gasteiger partial charge < -0.3 is 0 Å². The van der Waals surface area contributed by atoms with E-state index in [-0.39, 0.29) is 0 Å². The molecule has 0 radical (unpaired) electrons. The molecule has 1 saturated carbocycles. The van der Waals surface area contributed by atoms with E-state index in [9.17, 15) is 1.37 Å². The lowest BCUT2D eigenvalue weighted by molar-refractivity contribution is 0.726. The third kappa shape index (κ3) is 5.81. The van der Waals surface area contributed by atoms with E-state index in [0.29, 0.717) is 0 Å². The van der Waals surface area contributed by atoms with Crippen LogP contribution in [0.15, 0.2) is 188 Å². The predicted molar refractivity (Wildman–Crippen MR) is 242 cm³/mol. The molecule has 0 saturated heterocycles. The highest BCUT2D eigenvalue weighted by atomic mass is 32.1. The number of nitrogens with zero attached hydrogens (tertiary/aromatic N) is 2. The highest BCUT2D eigenvalue weighted by Crippen LogP contribution is 2.52. The number of hydrogen-bond acceptors (Lipinski definition) is 2. The Morgan fingerprint density at radius 3 is 1.56 bits per heavy atom. The number of fused-ring (bicyclic) bond motifs is 5. The molecule has 0 spiro atoms. The fraction of sp³-hybridized carbons (Fsp3) is 0.0926. The van der Waals surface area contributed by atoms with E-state index in [2.05, 4.69) is 192 Å². The standard InChI is InChI=1S/C54H40N2S/c1-5-18-37(19-6-1)44-35-45(38-20-7-2-8-21-38)50(40-26-11-4-12-27-40)52(49(44)39-24-9-3-10-25-39)42-29-17-28-41(34-42)51-43(36-22-13-14-23-36)32-33-48-53(51)57-54-55-46-30-15-16-31-47(46)56(48)54/h1-12,15-21,24-36H,13-14,22-23H2/i36D. The molecule has 0 unspecified atom stereocenters. The van der Waals surface area contributed by atoms with Crippen molar-refractivity contribution in [3.05, 3.63) is 194 Å². The lowest BCUT2D eigenvalue weighted by Crippen LogP contribution is -1.99. The Balaban J connectivity index is 1.26. The zero-order chi connectivity index (χ0) is 38.6. The van der Waals surface area contributed by atoms with Crippen molar-refractivity contribution in [3.63, 3.8) is 0 Å². The summed E-state index contributed by atoms with van der Waals surface area (Å²) in [6.45, 7) is 0. The van der Waals surface area contributed by atoms with Crippen LogP contribution in [0.5, 0.6) is 0 Å². The quantitative estimate of drug-likeness (QED) is 0.159. The molecular weight excluding hydrogens is 709 g/mol. The van der Waals surface area contributed by atoms with Crippen molar-refractivity contribution >= 4 is 37.5 Å². The molecule has 0 N–H and O–H groups in total. The summed E-state index contributed by atoms with van der Waals surface area (Å²) in [6, 6.07) is 68.0. The average molecular weight is 750 g/mol. The van der Waals surface area contributed by atoms with Gasteiger partial charge in [0, 0.05) is 6.93 Å². The minimum atomic E-state index is -0.647. The van der Waals surface area contributed by atoms with Crippen LogP contribution in [-0.4, -0.2) is 9.38 Å². The second-order valence-corrected chi connectivity index (χ2v) is 16.1. The zero-order valence-electron chi connectivity index (χ0n) is 32.5. The van der Waals surface area contributed by atoms with Crippen LogP contribution in [-0.2, 0) is 0 Å². The van der Waals surface area contributed by atoms with Crippen LogP contribution in [0.1, 0.15) is 38.5 Å². The topological polar surface area (TPSA) is 17.3 Å². The molecule has 1 fully saturated rings. The molecule has 10 aromatic rings. The smallest absolute Gasteiger partial charge is 0.195 e. The van der Waals surface area contributed by atoms with Crippen LogP contribution in [0.25, 0.3) is 93.0 Å². The van der Waals surface area contributed by atoms with Crippen molar-refractivity contribution in [1.29, 1.82) is 0 Å². The fourth-order valence-electron chi connectivity index (χ4n) is 9.20. The van der Waals surface area contributed by atoms with Crippen LogP contribution in [0.4, 0.5) is 0 Å². The van der Waals surface area contributed by atoms with Crippen LogP contribution in [0, 0.1) is 0 Å². The SMILES string of the molecule is [2H]C1(c2ccc3c(sc4nc5ccccc5n43)c2-c2cccc(-c3c(-c4ccccc4)c(-c4ccccc4)cc(-c4ccccc4)c3-c3ccccc3)c2)CCCC1. The summed E-state index contributed by atoms with van der Waals surface area (Å²) in [6.07, 6.45) is 3.89. The van der Waals surface area contributed by atoms with Gasteiger partial charge in [-0.1, -0.05) is 182 Å². The minimum Gasteiger partial charge on any atom is -0.283 e. The van der Waals surface area contributed by atoms with Gasteiger partial charge in [-0.3, -0.25) is 4.40 Å². The van der Waals surface area contributed by atoms with Crippen LogP contribution in [0.2, 0.25) is 0 Å². The minimum absolute atomic E-state index is 0.647. The molecular formula is C54H40N2S. The van der Waals surface area contributed by atoms with Crippen LogP contribution in [0.3, 0.4) is 0 Å². The lowest BCUT2D eigenvalue weighted by Gasteiger charge is -2.25. The summed E-state index contributed by atoms with van der Waals surface area (Å²) in [5, 5.41) is 0. The van der Waals surface area contributed by atoms with Gasteiger partial charge in [0.2, 0.25) is 0 Å². The molecule has 3 heteroatoms. The first-order valence-corrected chi connectivity index (χ1v) is 20.8. The molecule has 272 valence electrons. The summed E-state index contributed by atoms with van der Waals surface area (Å²) < 4.78 is 13.5. The molecule has 0 amide bonds. The molecule has 0 aliphatic heterocycles. The summed E-state index contributed by atoms with van der Waals surface area (Å²) in [5.74, 6) is -0.647. The van der Waals surface area contributed by atoms with E-state index in [1.165, 1.54) is 60.3 Å². The van der Waals surface area contributed by atoms with Gasteiger partial charge in [-0.05, 0) is 116 Å². The van der Waals surface area contributed by atoms with E-state index in [0.717, 1.165) is 63.9 Å². The number of aromatic nitrogens is 2. The van der Waals surface area contributed by atoms with Gasteiger partial charge in [0.15, 0.2) is 4.96 Å². The van der Waals surface area contributed by atoms with Crippen molar-refractivity contribution in [1.82, 2.24) is 9.38 Å². The zero-order valence-corrected chi connectivity index (χ0v) is 32.3. The molecule has 11 rings (SSSR count). The van der Waals surface area contributed by atoms with Gasteiger partial charge >= 0.3 is 0 Å². The van der Waals surface area contributed by atoms with Crippen molar-refractivity contribution < 1.29 is 1.37 Å². The number of rotatable bonds is 7. The molecule has 57 heavy (non-hydrogen) atoms. The summed E-state index contributed by atoms with van der Waals surface area (Å²) in [7, 11) is 0. The van der Waals surface area contributed by atoms with Crippen molar-refractivity contribution in [2.24, 2.45) is 0 Å². The van der Waals surface area contributed by atoms with E-state index >= 15 is 0 Å². The molecule has 2 heterocycles. The summed E-state index contributed by atoms with van der Waals surface area (Å²) >= 11 is 1.75. The first-order chi connectivity index (χ1) is 28.6. The Labute approximate surface area is 338 Å². The second kappa shape index (κ2) is 14.2. The second-order valence-electron chi connectivity index (χ2n) is 15.1. The Hall–Kier alpha value is -6.55. The average Bonchev–Trinajstić information content (AvgIpc) is 4.01. The molecule has 2 aromatic heterocycles. The monoisotopic (exact) mass is 749 g/mol. The Bertz CT molecular complexity index is 3010. The summed E-state index contributed by atoms with van der Waals surface area (Å²) in [4.78, 5) is 6.08. The molecule has 1 aliphatic rings. The van der Waals surface area contributed by atoms with Crippen LogP contribution >= 0.6 is 11.3 Å². The number of benzene rings is 8. The molecule has 0 atom stereocenters. The van der Waals surface area contributed by atoms with Crippen molar-refractivity contribution in [2.75, 3.05) is 0 Å². The third-order valence-corrected chi connectivity index (χ3v) is 12.8. The highest BCUT2D eigenvalue weighted by Gasteiger charge is 2.27. The maximum absolute atomic E-state index is 9.96. The largest absolute Gasteiger partial charge is 0.283 e. The highest BCUT2D eigenvalue weighted by molar-refractivity contribution is 7.24. The van der Waals surface area contributed by atoms with Gasteiger partial charge in [0.25, 0.3) is 0 Å². The van der Waals surface area contributed by atoms with Crippen molar-refractivity contribution in [3.8, 4) is 66.8 Å². The molecule has 0 bridgehead atoms.